The Hall–Kier alpha value is -5.21. The number of para-hydroxylation sites is 4. The quantitative estimate of drug-likeness (QED) is 0.210. The van der Waals surface area contributed by atoms with Gasteiger partial charge in [-0.15, -0.1) is 0 Å². The summed E-state index contributed by atoms with van der Waals surface area (Å²) >= 11 is 0. The molecule has 192 valence electrons. The van der Waals surface area contributed by atoms with Gasteiger partial charge in [0, 0.05) is 40.7 Å². The van der Waals surface area contributed by atoms with E-state index in [0.717, 1.165) is 11.0 Å². The molecule has 0 saturated heterocycles. The maximum Gasteiger partial charge on any atom is 0.0715 e. The third-order valence-corrected chi connectivity index (χ3v) is 9.08. The van der Waals surface area contributed by atoms with Crippen molar-refractivity contribution in [3.8, 4) is 0 Å². The largest absolute Gasteiger partial charge is 0.344 e. The van der Waals surface area contributed by atoms with E-state index in [1.165, 1.54) is 71.9 Å². The van der Waals surface area contributed by atoms with Crippen LogP contribution in [0.3, 0.4) is 0 Å². The second kappa shape index (κ2) is 8.39. The third kappa shape index (κ3) is 3.05. The number of anilines is 2. The molecular formula is C39H26N2. The number of allylic oxidation sites excluding steroid dienone is 1. The summed E-state index contributed by atoms with van der Waals surface area (Å²) in [5.41, 5.74) is 13.9. The molecule has 0 N–H and O–H groups in total. The number of nitrogens with zero attached hydrogens (tertiary/aromatic N) is 2. The van der Waals surface area contributed by atoms with Crippen LogP contribution in [0, 0.1) is 0 Å². The Kier molecular flexibility index (Phi) is 4.63. The lowest BCUT2D eigenvalue weighted by Gasteiger charge is -2.37. The molecule has 6 aromatic carbocycles. The maximum atomic E-state index is 5.10. The molecule has 0 unspecified atom stereocenters. The molecule has 1 aromatic heterocycles. The van der Waals surface area contributed by atoms with Crippen molar-refractivity contribution >= 4 is 55.1 Å². The van der Waals surface area contributed by atoms with Crippen LogP contribution in [0.25, 0.3) is 43.7 Å². The van der Waals surface area contributed by atoms with Gasteiger partial charge in [-0.05, 0) is 68.4 Å². The predicted molar refractivity (Wildman–Crippen MR) is 172 cm³/mol. The number of fused-ring (bicyclic) bond motifs is 4. The Labute approximate surface area is 238 Å². The van der Waals surface area contributed by atoms with Gasteiger partial charge >= 0.3 is 0 Å². The Bertz CT molecular complexity index is 2130. The van der Waals surface area contributed by atoms with Crippen LogP contribution in [-0.2, 0) is 0 Å². The second-order valence-electron chi connectivity index (χ2n) is 11.1. The van der Waals surface area contributed by atoms with Crippen molar-refractivity contribution < 1.29 is 0 Å². The Balaban J connectivity index is 1.51. The van der Waals surface area contributed by atoms with E-state index >= 15 is 0 Å². The van der Waals surface area contributed by atoms with Crippen LogP contribution in [0.1, 0.15) is 33.7 Å². The van der Waals surface area contributed by atoms with E-state index in [1.54, 1.807) is 0 Å². The number of hydrogen-bond acceptors (Lipinski definition) is 2. The molecule has 1 aliphatic carbocycles. The molecule has 0 bridgehead atoms. The van der Waals surface area contributed by atoms with Crippen LogP contribution < -0.4 is 4.90 Å². The summed E-state index contributed by atoms with van der Waals surface area (Å²) in [5, 5.41) is 5.01. The lowest BCUT2D eigenvalue weighted by atomic mass is 9.76. The molecule has 0 radical (unpaired) electrons. The minimum atomic E-state index is 0.0808. The van der Waals surface area contributed by atoms with Gasteiger partial charge < -0.3 is 4.90 Å². The lowest BCUT2D eigenvalue weighted by Crippen LogP contribution is -2.22. The van der Waals surface area contributed by atoms with Crippen LogP contribution in [0.15, 0.2) is 133 Å². The summed E-state index contributed by atoms with van der Waals surface area (Å²) < 4.78 is 0. The van der Waals surface area contributed by atoms with Gasteiger partial charge in [-0.3, -0.25) is 0 Å². The van der Waals surface area contributed by atoms with Gasteiger partial charge in [-0.2, -0.15) is 0 Å². The first-order valence-corrected chi connectivity index (χ1v) is 14.3. The van der Waals surface area contributed by atoms with Crippen molar-refractivity contribution in [2.75, 3.05) is 11.9 Å². The standard InChI is InChI=1S/C39H26N2/c1-41-33-22-8-4-16-27(33)37(28-17-5-9-23-34(28)41)39-30-19-11-13-24-12-10-18-29(35(24)30)38(39)36-25-14-2-6-20-31(25)40-32-21-7-3-15-26(32)36/h2-23,37H,1H3. The van der Waals surface area contributed by atoms with E-state index in [4.69, 9.17) is 4.98 Å². The van der Waals surface area contributed by atoms with E-state index < -0.39 is 0 Å². The normalized spacial score (nSPS) is 14.2. The zero-order chi connectivity index (χ0) is 27.1. The molecule has 0 fully saturated rings. The van der Waals surface area contributed by atoms with Crippen molar-refractivity contribution in [2.45, 2.75) is 5.92 Å². The van der Waals surface area contributed by atoms with Gasteiger partial charge in [0.2, 0.25) is 0 Å². The average molecular weight is 523 g/mol. The molecule has 9 rings (SSSR count). The van der Waals surface area contributed by atoms with Crippen molar-refractivity contribution in [2.24, 2.45) is 0 Å². The van der Waals surface area contributed by atoms with Crippen molar-refractivity contribution in [3.05, 3.63) is 161 Å². The van der Waals surface area contributed by atoms with Crippen LogP contribution in [0.5, 0.6) is 0 Å². The smallest absolute Gasteiger partial charge is 0.0715 e. The highest BCUT2D eigenvalue weighted by Gasteiger charge is 2.38. The summed E-state index contributed by atoms with van der Waals surface area (Å²) in [6.45, 7) is 0. The molecule has 2 nitrogen and oxygen atoms in total. The molecule has 1 aliphatic heterocycles. The topological polar surface area (TPSA) is 16.1 Å². The predicted octanol–water partition coefficient (Wildman–Crippen LogP) is 9.73. The van der Waals surface area contributed by atoms with Gasteiger partial charge in [0.1, 0.15) is 0 Å². The fourth-order valence-electron chi connectivity index (χ4n) is 7.41. The van der Waals surface area contributed by atoms with Crippen LogP contribution in [0.2, 0.25) is 0 Å². The van der Waals surface area contributed by atoms with Gasteiger partial charge in [0.25, 0.3) is 0 Å². The monoisotopic (exact) mass is 522 g/mol. The summed E-state index contributed by atoms with van der Waals surface area (Å²) in [6, 6.07) is 48.7. The Morgan fingerprint density at radius 2 is 1.07 bits per heavy atom. The first kappa shape index (κ1) is 22.6. The van der Waals surface area contributed by atoms with Crippen LogP contribution in [-0.4, -0.2) is 12.0 Å². The molecule has 2 heterocycles. The number of benzene rings is 6. The van der Waals surface area contributed by atoms with Crippen molar-refractivity contribution in [1.82, 2.24) is 4.98 Å². The van der Waals surface area contributed by atoms with Gasteiger partial charge in [-0.25, -0.2) is 4.98 Å². The average Bonchev–Trinajstić information content (AvgIpc) is 3.35. The zero-order valence-electron chi connectivity index (χ0n) is 22.7. The summed E-state index contributed by atoms with van der Waals surface area (Å²) in [6.07, 6.45) is 0. The third-order valence-electron chi connectivity index (χ3n) is 9.08. The van der Waals surface area contributed by atoms with Crippen molar-refractivity contribution in [3.63, 3.8) is 0 Å². The molecule has 0 atom stereocenters. The van der Waals surface area contributed by atoms with Crippen molar-refractivity contribution in [1.29, 1.82) is 0 Å². The molecule has 7 aromatic rings. The van der Waals surface area contributed by atoms with Gasteiger partial charge in [0.15, 0.2) is 0 Å². The number of rotatable bonds is 2. The highest BCUT2D eigenvalue weighted by atomic mass is 15.1. The number of aromatic nitrogens is 1. The maximum absolute atomic E-state index is 5.10. The van der Waals surface area contributed by atoms with E-state index in [2.05, 4.69) is 145 Å². The molecule has 0 amide bonds. The Morgan fingerprint density at radius 3 is 1.71 bits per heavy atom. The summed E-state index contributed by atoms with van der Waals surface area (Å²) in [7, 11) is 2.19. The fourth-order valence-corrected chi connectivity index (χ4v) is 7.41. The second-order valence-corrected chi connectivity index (χ2v) is 11.1. The molecule has 2 heteroatoms. The molecule has 41 heavy (non-hydrogen) atoms. The van der Waals surface area contributed by atoms with E-state index in [9.17, 15) is 0 Å². The number of pyridine rings is 1. The Morgan fingerprint density at radius 1 is 0.537 bits per heavy atom. The van der Waals surface area contributed by atoms with Gasteiger partial charge in [0.05, 0.1) is 11.0 Å². The number of hydrogen-bond donors (Lipinski definition) is 0. The molecular weight excluding hydrogens is 496 g/mol. The molecule has 0 spiro atoms. The first-order valence-electron chi connectivity index (χ1n) is 14.3. The lowest BCUT2D eigenvalue weighted by molar-refractivity contribution is 0.977. The highest BCUT2D eigenvalue weighted by Crippen LogP contribution is 2.58. The highest BCUT2D eigenvalue weighted by molar-refractivity contribution is 6.24. The van der Waals surface area contributed by atoms with Gasteiger partial charge in [-0.1, -0.05) is 109 Å². The molecule has 2 aliphatic rings. The van der Waals surface area contributed by atoms with E-state index in [0.29, 0.717) is 0 Å². The minimum absolute atomic E-state index is 0.0808. The van der Waals surface area contributed by atoms with Crippen LogP contribution in [0.4, 0.5) is 11.4 Å². The summed E-state index contributed by atoms with van der Waals surface area (Å²) in [4.78, 5) is 7.45. The van der Waals surface area contributed by atoms with E-state index in [1.807, 2.05) is 0 Å². The fraction of sp³-hybridized carbons (Fsp3) is 0.0513. The SMILES string of the molecule is CN1c2ccccc2C(C2=C(c3c4ccccc4nc4ccccc34)c3cccc4cccc2c34)c2ccccc21. The van der Waals surface area contributed by atoms with Crippen LogP contribution >= 0.6 is 0 Å². The first-order chi connectivity index (χ1) is 20.3. The van der Waals surface area contributed by atoms with E-state index in [-0.39, 0.29) is 5.92 Å². The molecule has 0 saturated carbocycles. The minimum Gasteiger partial charge on any atom is -0.344 e. The zero-order valence-corrected chi connectivity index (χ0v) is 22.7. The summed E-state index contributed by atoms with van der Waals surface area (Å²) in [5.74, 6) is 0.0808.